The van der Waals surface area contributed by atoms with Gasteiger partial charge in [0.25, 0.3) is 0 Å². The zero-order chi connectivity index (χ0) is 18.1. The first-order valence-electron chi connectivity index (χ1n) is 8.96. The normalized spacial score (nSPS) is 15.0. The molecule has 0 saturated heterocycles. The Bertz CT molecular complexity index is 900. The molecular formula is C24H27N. The van der Waals surface area contributed by atoms with Crippen molar-refractivity contribution in [2.24, 2.45) is 4.99 Å². The Morgan fingerprint density at radius 3 is 2.16 bits per heavy atom. The van der Waals surface area contributed by atoms with Gasteiger partial charge >= 0.3 is 0 Å². The molecule has 2 aromatic carbocycles. The number of hydrogen-bond donors (Lipinski definition) is 0. The van der Waals surface area contributed by atoms with Crippen LogP contribution in [0.5, 0.6) is 0 Å². The topological polar surface area (TPSA) is 12.4 Å². The van der Waals surface area contributed by atoms with Crippen molar-refractivity contribution in [1.29, 1.82) is 0 Å². The largest absolute Gasteiger partial charge is 0.253 e. The van der Waals surface area contributed by atoms with Crippen LogP contribution in [0.3, 0.4) is 0 Å². The molecule has 2 aromatic rings. The molecule has 1 nitrogen and oxygen atoms in total. The summed E-state index contributed by atoms with van der Waals surface area (Å²) < 4.78 is 0. The van der Waals surface area contributed by atoms with Gasteiger partial charge in [0.05, 0.1) is 5.69 Å². The molecule has 128 valence electrons. The molecule has 0 N–H and O–H groups in total. The van der Waals surface area contributed by atoms with Gasteiger partial charge in [-0.15, -0.1) is 0 Å². The van der Waals surface area contributed by atoms with Crippen LogP contribution in [0.15, 0.2) is 58.6 Å². The summed E-state index contributed by atoms with van der Waals surface area (Å²) in [5.74, 6) is 0. The molecule has 0 heterocycles. The van der Waals surface area contributed by atoms with Crippen LogP contribution in [0.4, 0.5) is 5.69 Å². The summed E-state index contributed by atoms with van der Waals surface area (Å²) in [7, 11) is 0. The van der Waals surface area contributed by atoms with Crippen molar-refractivity contribution in [2.75, 3.05) is 0 Å². The second kappa shape index (κ2) is 6.84. The van der Waals surface area contributed by atoms with Crippen molar-refractivity contribution in [1.82, 2.24) is 0 Å². The average molecular weight is 329 g/mol. The number of hydrogen-bond acceptors (Lipinski definition) is 1. The molecule has 0 saturated carbocycles. The number of aryl methyl sites for hydroxylation is 3. The lowest BCUT2D eigenvalue weighted by molar-refractivity contribution is 1.25. The summed E-state index contributed by atoms with van der Waals surface area (Å²) in [6, 6.07) is 13.1. The van der Waals surface area contributed by atoms with E-state index < -0.39 is 0 Å². The molecule has 0 aliphatic heterocycles. The van der Waals surface area contributed by atoms with Crippen molar-refractivity contribution in [3.05, 3.63) is 81.4 Å². The summed E-state index contributed by atoms with van der Waals surface area (Å²) >= 11 is 0. The van der Waals surface area contributed by atoms with Gasteiger partial charge in [0.2, 0.25) is 0 Å². The van der Waals surface area contributed by atoms with E-state index in [-0.39, 0.29) is 0 Å². The lowest BCUT2D eigenvalue weighted by atomic mass is 9.93. The highest BCUT2D eigenvalue weighted by Gasteiger charge is 2.16. The van der Waals surface area contributed by atoms with E-state index in [1.807, 2.05) is 0 Å². The number of rotatable bonds is 3. The highest BCUT2D eigenvalue weighted by molar-refractivity contribution is 6.05. The fourth-order valence-electron chi connectivity index (χ4n) is 3.87. The Labute approximate surface area is 151 Å². The van der Waals surface area contributed by atoms with Gasteiger partial charge in [-0.05, 0) is 75.8 Å². The molecule has 0 radical (unpaired) electrons. The van der Waals surface area contributed by atoms with Crippen molar-refractivity contribution in [3.8, 4) is 0 Å². The van der Waals surface area contributed by atoms with Gasteiger partial charge in [-0.25, -0.2) is 0 Å². The van der Waals surface area contributed by atoms with Crippen LogP contribution >= 0.6 is 0 Å². The van der Waals surface area contributed by atoms with Crippen LogP contribution in [0.25, 0.3) is 5.57 Å². The first-order chi connectivity index (χ1) is 11.9. The first-order valence-corrected chi connectivity index (χ1v) is 8.96. The number of benzene rings is 2. The van der Waals surface area contributed by atoms with E-state index in [0.29, 0.717) is 0 Å². The lowest BCUT2D eigenvalue weighted by Crippen LogP contribution is -2.01. The number of nitrogens with zero attached hydrogens (tertiary/aromatic N) is 1. The second-order valence-corrected chi connectivity index (χ2v) is 7.32. The van der Waals surface area contributed by atoms with Crippen LogP contribution < -0.4 is 0 Å². The van der Waals surface area contributed by atoms with E-state index in [0.717, 1.165) is 17.8 Å². The van der Waals surface area contributed by atoms with Gasteiger partial charge in [-0.3, -0.25) is 4.99 Å². The van der Waals surface area contributed by atoms with Crippen molar-refractivity contribution >= 4 is 17.0 Å². The van der Waals surface area contributed by atoms with Crippen molar-refractivity contribution in [3.63, 3.8) is 0 Å². The van der Waals surface area contributed by atoms with Gasteiger partial charge in [-0.1, -0.05) is 53.6 Å². The van der Waals surface area contributed by atoms with Gasteiger partial charge in [0.15, 0.2) is 0 Å². The molecule has 0 spiro atoms. The minimum Gasteiger partial charge on any atom is -0.253 e. The molecule has 0 fully saturated rings. The third kappa shape index (κ3) is 3.51. The first kappa shape index (κ1) is 17.4. The monoisotopic (exact) mass is 329 g/mol. The molecule has 0 aromatic heterocycles. The zero-order valence-electron chi connectivity index (χ0n) is 16.2. The average Bonchev–Trinajstić information content (AvgIpc) is 2.89. The molecule has 1 aliphatic rings. The van der Waals surface area contributed by atoms with E-state index >= 15 is 0 Å². The van der Waals surface area contributed by atoms with E-state index in [1.165, 1.54) is 44.5 Å². The molecule has 1 heteroatoms. The van der Waals surface area contributed by atoms with E-state index in [2.05, 4.69) is 84.0 Å². The highest BCUT2D eigenvalue weighted by Crippen LogP contribution is 2.35. The summed E-state index contributed by atoms with van der Waals surface area (Å²) in [6.45, 7) is 13.0. The van der Waals surface area contributed by atoms with Crippen molar-refractivity contribution in [2.45, 2.75) is 48.0 Å². The predicted octanol–water partition coefficient (Wildman–Crippen LogP) is 6.88. The SMILES string of the molecule is CC1=CC(C)=C(c2ccccc2/C(C)=N/c2c(C)cc(C)cc2C)C1. The van der Waals surface area contributed by atoms with E-state index in [4.69, 9.17) is 4.99 Å². The van der Waals surface area contributed by atoms with Gasteiger partial charge < -0.3 is 0 Å². The minimum absolute atomic E-state index is 1.04. The Morgan fingerprint density at radius 1 is 0.920 bits per heavy atom. The molecule has 0 bridgehead atoms. The predicted molar refractivity (Wildman–Crippen MR) is 110 cm³/mol. The van der Waals surface area contributed by atoms with E-state index in [1.54, 1.807) is 0 Å². The van der Waals surface area contributed by atoms with Gasteiger partial charge in [0, 0.05) is 11.3 Å². The second-order valence-electron chi connectivity index (χ2n) is 7.32. The fourth-order valence-corrected chi connectivity index (χ4v) is 3.87. The Hall–Kier alpha value is -2.41. The zero-order valence-corrected chi connectivity index (χ0v) is 16.2. The summed E-state index contributed by atoms with van der Waals surface area (Å²) in [6.07, 6.45) is 3.34. The van der Waals surface area contributed by atoms with Gasteiger partial charge in [0.1, 0.15) is 0 Å². The van der Waals surface area contributed by atoms with Crippen LogP contribution in [-0.4, -0.2) is 5.71 Å². The molecule has 1 aliphatic carbocycles. The fraction of sp³-hybridized carbons (Fsp3) is 0.292. The van der Waals surface area contributed by atoms with Crippen LogP contribution in [0, 0.1) is 20.8 Å². The van der Waals surface area contributed by atoms with E-state index in [9.17, 15) is 0 Å². The molecule has 25 heavy (non-hydrogen) atoms. The Morgan fingerprint density at radius 2 is 1.56 bits per heavy atom. The van der Waals surface area contributed by atoms with Crippen LogP contribution in [-0.2, 0) is 0 Å². The standard InChI is InChI=1S/C24H27N/c1-15-12-18(4)24(19(5)13-15)25-20(6)21-9-7-8-10-22(21)23-14-16(2)11-17(23)3/h7-13H,14H2,1-6H3/b25-20+. The molecule has 0 unspecified atom stereocenters. The maximum Gasteiger partial charge on any atom is 0.0691 e. The smallest absolute Gasteiger partial charge is 0.0691 e. The number of aliphatic imine (C=N–C) groups is 1. The highest BCUT2D eigenvalue weighted by atomic mass is 14.8. The third-order valence-electron chi connectivity index (χ3n) is 4.95. The maximum atomic E-state index is 5.02. The van der Waals surface area contributed by atoms with Crippen LogP contribution in [0.1, 0.15) is 55.0 Å². The molecule has 0 atom stereocenters. The minimum atomic E-state index is 1.04. The molecule has 3 rings (SSSR count). The lowest BCUT2D eigenvalue weighted by Gasteiger charge is -2.14. The molecule has 0 amide bonds. The summed E-state index contributed by atoms with van der Waals surface area (Å²) in [5, 5.41) is 0. The maximum absolute atomic E-state index is 5.02. The van der Waals surface area contributed by atoms with Crippen molar-refractivity contribution < 1.29 is 0 Å². The number of allylic oxidation sites excluding steroid dienone is 4. The van der Waals surface area contributed by atoms with Crippen LogP contribution in [0.2, 0.25) is 0 Å². The Balaban J connectivity index is 2.08. The summed E-state index contributed by atoms with van der Waals surface area (Å²) in [5.41, 5.74) is 12.7. The van der Waals surface area contributed by atoms with Gasteiger partial charge in [-0.2, -0.15) is 0 Å². The summed E-state index contributed by atoms with van der Waals surface area (Å²) in [4.78, 5) is 5.02. The Kier molecular flexibility index (Phi) is 4.76. The third-order valence-corrected chi connectivity index (χ3v) is 4.95. The quantitative estimate of drug-likeness (QED) is 0.544. The molecular weight excluding hydrogens is 302 g/mol.